The number of nitrogens with zero attached hydrogens (tertiary/aromatic N) is 4. The molecule has 0 saturated heterocycles. The van der Waals surface area contributed by atoms with Crippen LogP contribution in [0.4, 0.5) is 14.6 Å². The number of sulfonamides is 1. The summed E-state index contributed by atoms with van der Waals surface area (Å²) in [5.74, 6) is 0.415. The van der Waals surface area contributed by atoms with E-state index in [-0.39, 0.29) is 30.1 Å². The Morgan fingerprint density at radius 1 is 1.27 bits per heavy atom. The third kappa shape index (κ3) is 4.69. The number of benzene rings is 1. The number of anilines is 1. The number of hydrogen-bond acceptors (Lipinski definition) is 6. The van der Waals surface area contributed by atoms with Gasteiger partial charge in [0.25, 0.3) is 0 Å². The summed E-state index contributed by atoms with van der Waals surface area (Å²) in [6.07, 6.45) is -0.466. The summed E-state index contributed by atoms with van der Waals surface area (Å²) in [5, 5.41) is 0. The van der Waals surface area contributed by atoms with Crippen LogP contribution in [0.1, 0.15) is 55.9 Å². The molecule has 0 amide bonds. The normalized spacial score (nSPS) is 16.5. The number of alkyl halides is 1. The Morgan fingerprint density at radius 3 is 2.70 bits per heavy atom. The minimum absolute atomic E-state index is 0.0530. The van der Waals surface area contributed by atoms with Crippen LogP contribution in [0, 0.1) is 9.65 Å². The zero-order chi connectivity index (χ0) is 24.1. The molecule has 0 spiro atoms. The van der Waals surface area contributed by atoms with Crippen LogP contribution in [-0.4, -0.2) is 39.2 Å². The average molecular weight is 590 g/mol. The second-order valence-electron chi connectivity index (χ2n) is 9.07. The molecule has 0 saturated carbocycles. The second kappa shape index (κ2) is 8.69. The molecule has 4 rings (SSSR count). The lowest BCUT2D eigenvalue weighted by atomic mass is 10.0. The van der Waals surface area contributed by atoms with Crippen LogP contribution in [0.3, 0.4) is 0 Å². The molecule has 0 radical (unpaired) electrons. The van der Waals surface area contributed by atoms with Gasteiger partial charge in [0.15, 0.2) is 17.0 Å². The molecule has 1 aromatic carbocycles. The number of nitrogens with two attached hydrogens (primary N) is 1. The number of fused-ring (bicyclic) bond motifs is 2. The maximum absolute atomic E-state index is 14.3. The summed E-state index contributed by atoms with van der Waals surface area (Å²) in [6, 6.07) is 3.85. The first-order valence-corrected chi connectivity index (χ1v) is 13.1. The van der Waals surface area contributed by atoms with Gasteiger partial charge in [-0.15, -0.1) is 0 Å². The van der Waals surface area contributed by atoms with Crippen molar-refractivity contribution in [1.82, 2.24) is 24.2 Å². The molecule has 1 unspecified atom stereocenters. The van der Waals surface area contributed by atoms with E-state index in [4.69, 9.17) is 5.73 Å². The number of aryl methyl sites for hydroxylation is 1. The van der Waals surface area contributed by atoms with Crippen molar-refractivity contribution < 1.29 is 17.2 Å². The van der Waals surface area contributed by atoms with Gasteiger partial charge >= 0.3 is 6.08 Å². The monoisotopic (exact) mass is 590 g/mol. The number of nitrogen functional groups attached to an aromatic ring is 1. The van der Waals surface area contributed by atoms with Gasteiger partial charge < -0.3 is 10.3 Å². The number of imidazole rings is 1. The van der Waals surface area contributed by atoms with Gasteiger partial charge in [0.05, 0.1) is 4.75 Å². The minimum atomic E-state index is -3.57. The quantitative estimate of drug-likeness (QED) is 0.336. The van der Waals surface area contributed by atoms with E-state index < -0.39 is 27.0 Å². The molecule has 33 heavy (non-hydrogen) atoms. The molecule has 0 fully saturated rings. The van der Waals surface area contributed by atoms with Crippen LogP contribution in [0.25, 0.3) is 11.2 Å². The molecular formula is C21H25F2IN6O2S. The highest BCUT2D eigenvalue weighted by molar-refractivity contribution is 14.1. The van der Waals surface area contributed by atoms with Gasteiger partial charge in [-0.05, 0) is 79.0 Å². The maximum atomic E-state index is 14.3. The van der Waals surface area contributed by atoms with E-state index in [0.717, 1.165) is 14.7 Å². The summed E-state index contributed by atoms with van der Waals surface area (Å²) < 4.78 is 57.3. The Bertz CT molecular complexity index is 1340. The van der Waals surface area contributed by atoms with Crippen molar-refractivity contribution >= 4 is 49.6 Å². The first kappa shape index (κ1) is 24.2. The number of halogens is 3. The van der Waals surface area contributed by atoms with Gasteiger partial charge in [0.1, 0.15) is 12.0 Å². The third-order valence-corrected chi connectivity index (χ3v) is 8.97. The highest BCUT2D eigenvalue weighted by Crippen LogP contribution is 2.37. The molecule has 2 heterocycles. The van der Waals surface area contributed by atoms with Crippen LogP contribution in [0.2, 0.25) is 0 Å². The minimum Gasteiger partial charge on any atom is -0.382 e. The van der Waals surface area contributed by atoms with Crippen molar-refractivity contribution in [2.24, 2.45) is 0 Å². The lowest BCUT2D eigenvalue weighted by molar-refractivity contribution is 0.343. The molecule has 0 aliphatic heterocycles. The van der Waals surface area contributed by atoms with E-state index in [1.165, 1.54) is 0 Å². The Balaban J connectivity index is 1.71. The van der Waals surface area contributed by atoms with E-state index in [1.54, 1.807) is 25.3 Å². The number of aromatic nitrogens is 4. The first-order chi connectivity index (χ1) is 15.4. The van der Waals surface area contributed by atoms with E-state index in [0.29, 0.717) is 30.7 Å². The fourth-order valence-electron chi connectivity index (χ4n) is 3.85. The molecule has 1 aliphatic rings. The van der Waals surface area contributed by atoms with Gasteiger partial charge in [-0.3, -0.25) is 0 Å². The largest absolute Gasteiger partial charge is 0.382 e. The highest BCUT2D eigenvalue weighted by Gasteiger charge is 2.29. The van der Waals surface area contributed by atoms with Crippen molar-refractivity contribution in [3.63, 3.8) is 0 Å². The fraction of sp³-hybridized carbons (Fsp3) is 0.476. The van der Waals surface area contributed by atoms with Crippen LogP contribution >= 0.6 is 22.6 Å². The SMILES string of the molecule is CC(C)(C)S(=O)(=O)NCCn1c(Cc2cc3c(cc2I)CCC3F)nc2c(N)nc(F)nc21. The van der Waals surface area contributed by atoms with Crippen LogP contribution in [0.15, 0.2) is 12.1 Å². The van der Waals surface area contributed by atoms with Gasteiger partial charge in [-0.1, -0.05) is 6.07 Å². The van der Waals surface area contributed by atoms with Crippen LogP contribution in [0.5, 0.6) is 0 Å². The van der Waals surface area contributed by atoms with Crippen molar-refractivity contribution in [3.05, 3.63) is 44.3 Å². The summed E-state index contributed by atoms with van der Waals surface area (Å²) >= 11 is 2.21. The maximum Gasteiger partial charge on any atom is 0.312 e. The topological polar surface area (TPSA) is 116 Å². The summed E-state index contributed by atoms with van der Waals surface area (Å²) in [5.41, 5.74) is 8.88. The van der Waals surface area contributed by atoms with Gasteiger partial charge in [-0.2, -0.15) is 14.4 Å². The first-order valence-electron chi connectivity index (χ1n) is 10.5. The molecular weight excluding hydrogens is 565 g/mol. The molecule has 1 atom stereocenters. The average Bonchev–Trinajstić information content (AvgIpc) is 3.22. The second-order valence-corrected chi connectivity index (χ2v) is 12.7. The van der Waals surface area contributed by atoms with Gasteiger partial charge in [-0.25, -0.2) is 22.5 Å². The predicted molar refractivity (Wildman–Crippen MR) is 131 cm³/mol. The Labute approximate surface area is 204 Å². The lowest BCUT2D eigenvalue weighted by Gasteiger charge is -2.20. The van der Waals surface area contributed by atoms with E-state index >= 15 is 0 Å². The standard InChI is InChI=1S/C21H25F2IN6O2S/c1-21(2,3)33(31,32)26-6-7-30-16(27-17-18(25)28-20(23)29-19(17)30)10-12-8-13-11(9-15(12)24)4-5-14(13)22/h8-9,14,26H,4-7,10H2,1-3H3,(H2,25,28,29). The predicted octanol–water partition coefficient (Wildman–Crippen LogP) is 3.42. The molecule has 3 aromatic rings. The van der Waals surface area contributed by atoms with Crippen molar-refractivity contribution in [2.75, 3.05) is 12.3 Å². The van der Waals surface area contributed by atoms with Gasteiger partial charge in [0.2, 0.25) is 10.0 Å². The Hall–Kier alpha value is -1.93. The van der Waals surface area contributed by atoms with Gasteiger partial charge in [0, 0.05) is 23.1 Å². The molecule has 3 N–H and O–H groups in total. The zero-order valence-electron chi connectivity index (χ0n) is 18.5. The molecule has 0 bridgehead atoms. The Kier molecular flexibility index (Phi) is 6.37. The van der Waals surface area contributed by atoms with E-state index in [2.05, 4.69) is 42.3 Å². The lowest BCUT2D eigenvalue weighted by Crippen LogP contribution is -2.40. The highest BCUT2D eigenvalue weighted by atomic mass is 127. The van der Waals surface area contributed by atoms with E-state index in [1.807, 2.05) is 12.1 Å². The van der Waals surface area contributed by atoms with Crippen LogP contribution < -0.4 is 10.5 Å². The summed E-state index contributed by atoms with van der Waals surface area (Å²) in [6.45, 7) is 5.02. The summed E-state index contributed by atoms with van der Waals surface area (Å²) in [7, 11) is -3.57. The van der Waals surface area contributed by atoms with Crippen molar-refractivity contribution in [1.29, 1.82) is 0 Å². The number of rotatable bonds is 6. The summed E-state index contributed by atoms with van der Waals surface area (Å²) in [4.78, 5) is 11.9. The molecule has 12 heteroatoms. The van der Waals surface area contributed by atoms with E-state index in [9.17, 15) is 17.2 Å². The van der Waals surface area contributed by atoms with Crippen molar-refractivity contribution in [3.8, 4) is 0 Å². The zero-order valence-corrected chi connectivity index (χ0v) is 21.5. The molecule has 2 aromatic heterocycles. The molecule has 178 valence electrons. The number of nitrogens with one attached hydrogen (secondary N) is 1. The molecule has 1 aliphatic carbocycles. The Morgan fingerprint density at radius 2 is 2.00 bits per heavy atom. The van der Waals surface area contributed by atoms with Crippen LogP contribution in [-0.2, 0) is 29.4 Å². The smallest absolute Gasteiger partial charge is 0.312 e. The third-order valence-electron chi connectivity index (χ3n) is 5.77. The number of hydrogen-bond donors (Lipinski definition) is 2. The molecule has 8 nitrogen and oxygen atoms in total. The van der Waals surface area contributed by atoms with Crippen molar-refractivity contribution in [2.45, 2.75) is 57.5 Å². The fourth-order valence-corrected chi connectivity index (χ4v) is 5.36.